The summed E-state index contributed by atoms with van der Waals surface area (Å²) in [7, 11) is 3.99. The van der Waals surface area contributed by atoms with Gasteiger partial charge in [0.25, 0.3) is 0 Å². The van der Waals surface area contributed by atoms with E-state index in [2.05, 4.69) is 38.4 Å². The van der Waals surface area contributed by atoms with Gasteiger partial charge in [0.2, 0.25) is 5.88 Å². The molecule has 5 nitrogen and oxygen atoms in total. The van der Waals surface area contributed by atoms with Crippen LogP contribution in [-0.4, -0.2) is 33.9 Å². The van der Waals surface area contributed by atoms with Gasteiger partial charge < -0.3 is 9.64 Å². The Labute approximate surface area is 169 Å². The molecule has 7 heteroatoms. The zero-order valence-corrected chi connectivity index (χ0v) is 17.3. The number of rotatable bonds is 5. The standard InChI is InChI=1S/C20H17BrN4OS/c1-25(2)11-17-23-19(26-15-8-14(21)9-22-10-15)18-16(12-27-20(18)24-17)13-6-4-3-5-7-13/h3-10,12H,11H2,1-2H3. The molecule has 0 spiro atoms. The molecule has 0 aliphatic carbocycles. The minimum atomic E-state index is 0.553. The monoisotopic (exact) mass is 440 g/mol. The number of fused-ring (bicyclic) bond motifs is 1. The number of benzene rings is 1. The predicted octanol–water partition coefficient (Wildman–Crippen LogP) is 5.37. The van der Waals surface area contributed by atoms with Gasteiger partial charge in [-0.05, 0) is 41.7 Å². The maximum atomic E-state index is 6.16. The molecule has 3 heterocycles. The minimum Gasteiger partial charge on any atom is -0.437 e. The maximum absolute atomic E-state index is 6.16. The van der Waals surface area contributed by atoms with Gasteiger partial charge >= 0.3 is 0 Å². The largest absolute Gasteiger partial charge is 0.437 e. The second-order valence-electron chi connectivity index (χ2n) is 6.32. The van der Waals surface area contributed by atoms with E-state index in [1.807, 2.05) is 43.3 Å². The summed E-state index contributed by atoms with van der Waals surface area (Å²) in [5.41, 5.74) is 2.19. The number of halogens is 1. The van der Waals surface area contributed by atoms with Crippen molar-refractivity contribution in [2.24, 2.45) is 0 Å². The zero-order chi connectivity index (χ0) is 18.8. The van der Waals surface area contributed by atoms with Crippen LogP contribution in [0, 0.1) is 0 Å². The van der Waals surface area contributed by atoms with Gasteiger partial charge in [0, 0.05) is 21.6 Å². The van der Waals surface area contributed by atoms with E-state index in [0.717, 1.165) is 31.6 Å². The Hall–Kier alpha value is -2.35. The van der Waals surface area contributed by atoms with Crippen LogP contribution in [0.4, 0.5) is 0 Å². The fourth-order valence-corrected chi connectivity index (χ4v) is 4.07. The average Bonchev–Trinajstić information content (AvgIpc) is 3.06. The average molecular weight is 441 g/mol. The molecule has 0 saturated carbocycles. The maximum Gasteiger partial charge on any atom is 0.232 e. The van der Waals surface area contributed by atoms with Gasteiger partial charge in [0.1, 0.15) is 16.4 Å². The SMILES string of the molecule is CN(C)Cc1nc(Oc2cncc(Br)c2)c2c(-c3ccccc3)csc2n1. The van der Waals surface area contributed by atoms with Gasteiger partial charge in [-0.2, -0.15) is 4.98 Å². The first kappa shape index (κ1) is 18.0. The normalized spacial score (nSPS) is 11.3. The lowest BCUT2D eigenvalue weighted by atomic mass is 10.1. The van der Waals surface area contributed by atoms with Crippen molar-refractivity contribution >= 4 is 37.5 Å². The van der Waals surface area contributed by atoms with Crippen LogP contribution >= 0.6 is 27.3 Å². The van der Waals surface area contributed by atoms with Crippen molar-refractivity contribution in [2.75, 3.05) is 14.1 Å². The fraction of sp³-hybridized carbons (Fsp3) is 0.150. The molecule has 3 aromatic heterocycles. The third kappa shape index (κ3) is 4.00. The summed E-state index contributed by atoms with van der Waals surface area (Å²) in [5, 5.41) is 3.04. The smallest absolute Gasteiger partial charge is 0.232 e. The summed E-state index contributed by atoms with van der Waals surface area (Å²) in [6.45, 7) is 0.640. The minimum absolute atomic E-state index is 0.553. The van der Waals surface area contributed by atoms with Gasteiger partial charge in [0.05, 0.1) is 18.1 Å². The number of nitrogens with zero attached hydrogens (tertiary/aromatic N) is 4. The number of ether oxygens (including phenoxy) is 1. The first-order chi connectivity index (χ1) is 13.1. The Bertz CT molecular complexity index is 1080. The molecule has 0 aliphatic heterocycles. The van der Waals surface area contributed by atoms with Crippen molar-refractivity contribution in [3.8, 4) is 22.8 Å². The van der Waals surface area contributed by atoms with Gasteiger partial charge in [-0.1, -0.05) is 30.3 Å². The topological polar surface area (TPSA) is 51.1 Å². The van der Waals surface area contributed by atoms with Crippen molar-refractivity contribution in [1.82, 2.24) is 19.9 Å². The molecule has 0 amide bonds. The Morgan fingerprint density at radius 3 is 2.67 bits per heavy atom. The van der Waals surface area contributed by atoms with Crippen LogP contribution in [0.1, 0.15) is 5.82 Å². The molecular formula is C20H17BrN4OS. The van der Waals surface area contributed by atoms with Gasteiger partial charge in [-0.3, -0.25) is 4.98 Å². The highest BCUT2D eigenvalue weighted by molar-refractivity contribution is 9.10. The number of hydrogen-bond donors (Lipinski definition) is 0. The summed E-state index contributed by atoms with van der Waals surface area (Å²) in [6, 6.07) is 12.1. The lowest BCUT2D eigenvalue weighted by Crippen LogP contribution is -2.13. The molecule has 136 valence electrons. The van der Waals surface area contributed by atoms with Crippen LogP contribution in [-0.2, 0) is 6.54 Å². The molecule has 0 N–H and O–H groups in total. The lowest BCUT2D eigenvalue weighted by Gasteiger charge is -2.12. The second kappa shape index (κ2) is 7.72. The van der Waals surface area contributed by atoms with Gasteiger partial charge in [-0.15, -0.1) is 11.3 Å². The lowest BCUT2D eigenvalue weighted by molar-refractivity contribution is 0.385. The van der Waals surface area contributed by atoms with Crippen molar-refractivity contribution in [1.29, 1.82) is 0 Å². The van der Waals surface area contributed by atoms with Crippen LogP contribution in [0.5, 0.6) is 11.6 Å². The zero-order valence-electron chi connectivity index (χ0n) is 14.9. The molecule has 0 radical (unpaired) electrons. The number of hydrogen-bond acceptors (Lipinski definition) is 6. The molecule has 1 aromatic carbocycles. The highest BCUT2D eigenvalue weighted by Crippen LogP contribution is 2.39. The summed E-state index contributed by atoms with van der Waals surface area (Å²) in [5.74, 6) is 1.91. The van der Waals surface area contributed by atoms with Crippen LogP contribution in [0.3, 0.4) is 0 Å². The predicted molar refractivity (Wildman–Crippen MR) is 112 cm³/mol. The summed E-state index contributed by atoms with van der Waals surface area (Å²) in [4.78, 5) is 16.6. The van der Waals surface area contributed by atoms with E-state index in [1.54, 1.807) is 23.7 Å². The molecule has 0 aliphatic rings. The molecular weight excluding hydrogens is 424 g/mol. The van der Waals surface area contributed by atoms with Crippen LogP contribution < -0.4 is 4.74 Å². The molecule has 0 saturated heterocycles. The Morgan fingerprint density at radius 2 is 1.93 bits per heavy atom. The number of aromatic nitrogens is 3. The molecule has 0 atom stereocenters. The molecule has 0 bridgehead atoms. The number of thiophene rings is 1. The van der Waals surface area contributed by atoms with Crippen molar-refractivity contribution in [3.05, 3.63) is 64.5 Å². The quantitative estimate of drug-likeness (QED) is 0.417. The first-order valence-electron chi connectivity index (χ1n) is 8.37. The van der Waals surface area contributed by atoms with Crippen molar-refractivity contribution in [2.45, 2.75) is 6.54 Å². The fourth-order valence-electron chi connectivity index (χ4n) is 2.77. The molecule has 4 aromatic rings. The van der Waals surface area contributed by atoms with E-state index in [4.69, 9.17) is 14.7 Å². The van der Waals surface area contributed by atoms with E-state index in [0.29, 0.717) is 18.2 Å². The summed E-state index contributed by atoms with van der Waals surface area (Å²) in [6.07, 6.45) is 3.40. The van der Waals surface area contributed by atoms with Crippen molar-refractivity contribution < 1.29 is 4.74 Å². The summed E-state index contributed by atoms with van der Waals surface area (Å²) >= 11 is 5.04. The van der Waals surface area contributed by atoms with Crippen LogP contribution in [0.2, 0.25) is 0 Å². The molecule has 0 unspecified atom stereocenters. The Kier molecular flexibility index (Phi) is 5.15. The highest BCUT2D eigenvalue weighted by Gasteiger charge is 2.17. The van der Waals surface area contributed by atoms with Gasteiger partial charge in [-0.25, -0.2) is 4.98 Å². The molecule has 4 rings (SSSR count). The Balaban J connectivity index is 1.88. The third-order valence-corrected chi connectivity index (χ3v) is 5.19. The van der Waals surface area contributed by atoms with E-state index in [9.17, 15) is 0 Å². The summed E-state index contributed by atoms with van der Waals surface area (Å²) < 4.78 is 7.01. The highest BCUT2D eigenvalue weighted by atomic mass is 79.9. The first-order valence-corrected chi connectivity index (χ1v) is 10.0. The number of pyridine rings is 1. The molecule has 0 fully saturated rings. The Morgan fingerprint density at radius 1 is 1.11 bits per heavy atom. The molecule has 27 heavy (non-hydrogen) atoms. The van der Waals surface area contributed by atoms with E-state index in [-0.39, 0.29) is 0 Å². The van der Waals surface area contributed by atoms with E-state index in [1.165, 1.54) is 0 Å². The second-order valence-corrected chi connectivity index (χ2v) is 8.09. The van der Waals surface area contributed by atoms with E-state index >= 15 is 0 Å². The van der Waals surface area contributed by atoms with Gasteiger partial charge in [0.15, 0.2) is 0 Å². The van der Waals surface area contributed by atoms with E-state index < -0.39 is 0 Å². The van der Waals surface area contributed by atoms with Crippen LogP contribution in [0.25, 0.3) is 21.3 Å². The third-order valence-electron chi connectivity index (χ3n) is 3.88. The van der Waals surface area contributed by atoms with Crippen LogP contribution in [0.15, 0.2) is 58.6 Å². The van der Waals surface area contributed by atoms with Crippen molar-refractivity contribution in [3.63, 3.8) is 0 Å².